The van der Waals surface area contributed by atoms with Crippen molar-refractivity contribution in [2.24, 2.45) is 5.18 Å². The molecule has 0 N–H and O–H groups in total. The van der Waals surface area contributed by atoms with Gasteiger partial charge >= 0.3 is 0 Å². The van der Waals surface area contributed by atoms with Crippen molar-refractivity contribution in [3.8, 4) is 0 Å². The molecule has 5 heteroatoms. The number of hydrogen-bond acceptors (Lipinski definition) is 4. The average molecular weight is 180 g/mol. The van der Waals surface area contributed by atoms with Crippen molar-refractivity contribution in [3.63, 3.8) is 0 Å². The molecule has 5 nitrogen and oxygen atoms in total. The molecule has 68 valence electrons. The van der Waals surface area contributed by atoms with E-state index in [-0.39, 0.29) is 11.4 Å². The van der Waals surface area contributed by atoms with E-state index in [1.165, 1.54) is 6.07 Å². The number of aryl methyl sites for hydroxylation is 2. The van der Waals surface area contributed by atoms with Crippen LogP contribution < -0.4 is 0 Å². The highest BCUT2D eigenvalue weighted by Gasteiger charge is 2.17. The number of rotatable bonds is 2. The van der Waals surface area contributed by atoms with Crippen molar-refractivity contribution in [3.05, 3.63) is 38.3 Å². The molecule has 0 bridgehead atoms. The van der Waals surface area contributed by atoms with Crippen LogP contribution in [0.1, 0.15) is 11.1 Å². The van der Waals surface area contributed by atoms with E-state index in [2.05, 4.69) is 5.18 Å². The van der Waals surface area contributed by atoms with Gasteiger partial charge in [-0.15, -0.1) is 4.91 Å². The predicted octanol–water partition coefficient (Wildman–Crippen LogP) is 2.61. The number of nitro groups is 1. The van der Waals surface area contributed by atoms with Crippen molar-refractivity contribution in [1.29, 1.82) is 0 Å². The Morgan fingerprint density at radius 2 is 2.00 bits per heavy atom. The Morgan fingerprint density at radius 3 is 2.46 bits per heavy atom. The molecule has 1 aromatic rings. The summed E-state index contributed by atoms with van der Waals surface area (Å²) in [7, 11) is 0. The topological polar surface area (TPSA) is 72.6 Å². The SMILES string of the molecule is Cc1cc(C)c(N=O)c([N+](=O)[O-])c1. The van der Waals surface area contributed by atoms with Gasteiger partial charge in [-0.3, -0.25) is 10.1 Å². The summed E-state index contributed by atoms with van der Waals surface area (Å²) in [5, 5.41) is 13.1. The molecule has 0 atom stereocenters. The van der Waals surface area contributed by atoms with Gasteiger partial charge in [-0.25, -0.2) is 0 Å². The molecule has 0 aliphatic carbocycles. The number of nitrogens with zero attached hydrogens (tertiary/aromatic N) is 2. The summed E-state index contributed by atoms with van der Waals surface area (Å²) in [5.41, 5.74) is 0.960. The molecule has 0 aliphatic rings. The fourth-order valence-corrected chi connectivity index (χ4v) is 1.20. The van der Waals surface area contributed by atoms with Gasteiger partial charge in [-0.05, 0) is 30.2 Å². The first-order valence-electron chi connectivity index (χ1n) is 3.65. The van der Waals surface area contributed by atoms with E-state index in [9.17, 15) is 15.0 Å². The molecule has 0 aromatic heterocycles. The molecular weight excluding hydrogens is 172 g/mol. The molecule has 0 aliphatic heterocycles. The third kappa shape index (κ3) is 1.69. The van der Waals surface area contributed by atoms with Crippen molar-refractivity contribution >= 4 is 11.4 Å². The fourth-order valence-electron chi connectivity index (χ4n) is 1.20. The maximum Gasteiger partial charge on any atom is 0.298 e. The zero-order chi connectivity index (χ0) is 10.0. The second-order valence-corrected chi connectivity index (χ2v) is 2.80. The van der Waals surface area contributed by atoms with Crippen LogP contribution in [0.25, 0.3) is 0 Å². The van der Waals surface area contributed by atoms with Crippen LogP contribution in [-0.4, -0.2) is 4.92 Å². The maximum absolute atomic E-state index is 10.5. The number of nitroso groups, excluding NO2 is 1. The minimum atomic E-state index is -0.600. The molecule has 0 spiro atoms. The van der Waals surface area contributed by atoms with E-state index in [1.54, 1.807) is 19.9 Å². The first-order chi connectivity index (χ1) is 6.06. The highest BCUT2D eigenvalue weighted by molar-refractivity contribution is 5.63. The Bertz CT molecular complexity index is 374. The molecule has 1 rings (SSSR count). The highest BCUT2D eigenvalue weighted by Crippen LogP contribution is 2.31. The highest BCUT2D eigenvalue weighted by atomic mass is 16.6. The largest absolute Gasteiger partial charge is 0.298 e. The molecule has 0 saturated heterocycles. The lowest BCUT2D eigenvalue weighted by Gasteiger charge is -2.00. The quantitative estimate of drug-likeness (QED) is 0.399. The van der Waals surface area contributed by atoms with Gasteiger partial charge in [0.15, 0.2) is 5.69 Å². The van der Waals surface area contributed by atoms with Crippen LogP contribution in [-0.2, 0) is 0 Å². The molecule has 0 saturated carbocycles. The van der Waals surface area contributed by atoms with Crippen LogP contribution in [0.3, 0.4) is 0 Å². The van der Waals surface area contributed by atoms with Gasteiger partial charge in [-0.2, -0.15) is 0 Å². The lowest BCUT2D eigenvalue weighted by atomic mass is 10.1. The van der Waals surface area contributed by atoms with Crippen molar-refractivity contribution in [2.75, 3.05) is 0 Å². The van der Waals surface area contributed by atoms with E-state index < -0.39 is 4.92 Å². The average Bonchev–Trinajstić information content (AvgIpc) is 2.02. The van der Waals surface area contributed by atoms with E-state index in [1.807, 2.05) is 0 Å². The normalized spacial score (nSPS) is 9.69. The Balaban J connectivity index is 3.46. The number of hydrogen-bond donors (Lipinski definition) is 0. The van der Waals surface area contributed by atoms with Gasteiger partial charge in [0.2, 0.25) is 0 Å². The first kappa shape index (κ1) is 9.31. The Kier molecular flexibility index (Phi) is 2.36. The number of nitro benzene ring substituents is 1. The van der Waals surface area contributed by atoms with Crippen LogP contribution in [0.4, 0.5) is 11.4 Å². The lowest BCUT2D eigenvalue weighted by Crippen LogP contribution is -1.91. The Labute approximate surface area is 74.5 Å². The Hall–Kier alpha value is -1.78. The smallest absolute Gasteiger partial charge is 0.258 e. The minimum absolute atomic E-state index is 0.0874. The summed E-state index contributed by atoms with van der Waals surface area (Å²) in [5.74, 6) is 0. The molecule has 0 amide bonds. The Morgan fingerprint density at radius 1 is 1.38 bits per heavy atom. The number of benzene rings is 1. The predicted molar refractivity (Wildman–Crippen MR) is 48.0 cm³/mol. The molecule has 0 radical (unpaired) electrons. The van der Waals surface area contributed by atoms with Gasteiger partial charge in [0.25, 0.3) is 5.69 Å². The first-order valence-corrected chi connectivity index (χ1v) is 3.65. The fraction of sp³-hybridized carbons (Fsp3) is 0.250. The maximum atomic E-state index is 10.5. The van der Waals surface area contributed by atoms with Gasteiger partial charge < -0.3 is 0 Å². The molecular formula is C8H8N2O3. The molecule has 1 aromatic carbocycles. The molecule has 13 heavy (non-hydrogen) atoms. The van der Waals surface area contributed by atoms with Crippen LogP contribution in [0, 0.1) is 28.9 Å². The standard InChI is InChI=1S/C8H8N2O3/c1-5-3-6(2)8(9-11)7(4-5)10(12)13/h3-4H,1-2H3. The zero-order valence-corrected chi connectivity index (χ0v) is 7.27. The molecule has 0 unspecified atom stereocenters. The summed E-state index contributed by atoms with van der Waals surface area (Å²) < 4.78 is 0. The van der Waals surface area contributed by atoms with E-state index >= 15 is 0 Å². The van der Waals surface area contributed by atoms with Crippen molar-refractivity contribution in [1.82, 2.24) is 0 Å². The van der Waals surface area contributed by atoms with Crippen LogP contribution in [0.15, 0.2) is 17.3 Å². The monoisotopic (exact) mass is 180 g/mol. The second-order valence-electron chi connectivity index (χ2n) is 2.80. The summed E-state index contributed by atoms with van der Waals surface area (Å²) in [6.07, 6.45) is 0. The van der Waals surface area contributed by atoms with Crippen molar-refractivity contribution < 1.29 is 4.92 Å². The van der Waals surface area contributed by atoms with Gasteiger partial charge in [0, 0.05) is 6.07 Å². The third-order valence-electron chi connectivity index (χ3n) is 1.71. The minimum Gasteiger partial charge on any atom is -0.258 e. The van der Waals surface area contributed by atoms with Crippen LogP contribution >= 0.6 is 0 Å². The summed E-state index contributed by atoms with van der Waals surface area (Å²) >= 11 is 0. The second kappa shape index (κ2) is 3.30. The summed E-state index contributed by atoms with van der Waals surface area (Å²) in [4.78, 5) is 20.2. The lowest BCUT2D eigenvalue weighted by molar-refractivity contribution is -0.384. The molecule has 0 heterocycles. The van der Waals surface area contributed by atoms with Gasteiger partial charge in [0.1, 0.15) is 0 Å². The van der Waals surface area contributed by atoms with E-state index in [0.717, 1.165) is 5.56 Å². The summed E-state index contributed by atoms with van der Waals surface area (Å²) in [6, 6.07) is 3.02. The van der Waals surface area contributed by atoms with Crippen molar-refractivity contribution in [2.45, 2.75) is 13.8 Å². The van der Waals surface area contributed by atoms with Crippen LogP contribution in [0.2, 0.25) is 0 Å². The molecule has 0 fully saturated rings. The summed E-state index contributed by atoms with van der Waals surface area (Å²) in [6.45, 7) is 3.35. The van der Waals surface area contributed by atoms with Gasteiger partial charge in [-0.1, -0.05) is 6.07 Å². The van der Waals surface area contributed by atoms with E-state index in [0.29, 0.717) is 5.56 Å². The van der Waals surface area contributed by atoms with Gasteiger partial charge in [0.05, 0.1) is 4.92 Å². The third-order valence-corrected chi connectivity index (χ3v) is 1.71. The zero-order valence-electron chi connectivity index (χ0n) is 7.27. The van der Waals surface area contributed by atoms with Crippen LogP contribution in [0.5, 0.6) is 0 Å². The van der Waals surface area contributed by atoms with E-state index in [4.69, 9.17) is 0 Å².